The molecule has 0 radical (unpaired) electrons. The number of carbonyl (C=O) groups is 2. The number of amides is 2. The van der Waals surface area contributed by atoms with Gasteiger partial charge in [-0.2, -0.15) is 0 Å². The smallest absolute Gasteiger partial charge is 0.410 e. The van der Waals surface area contributed by atoms with Crippen molar-refractivity contribution in [2.75, 3.05) is 26.2 Å². The first-order valence-corrected chi connectivity index (χ1v) is 16.4. The Labute approximate surface area is 286 Å². The van der Waals surface area contributed by atoms with Gasteiger partial charge in [-0.1, -0.05) is 23.7 Å². The van der Waals surface area contributed by atoms with Crippen molar-refractivity contribution in [1.82, 2.24) is 23.9 Å². The van der Waals surface area contributed by atoms with Gasteiger partial charge in [-0.05, 0) is 76.4 Å². The fourth-order valence-corrected chi connectivity index (χ4v) is 6.61. The molecule has 2 aromatic carbocycles. The Morgan fingerprint density at radius 2 is 1.80 bits per heavy atom. The molecular formula is C35H38ClF2N5O6. The van der Waals surface area contributed by atoms with Crippen molar-refractivity contribution in [2.45, 2.75) is 70.4 Å². The van der Waals surface area contributed by atoms with Crippen molar-refractivity contribution in [1.29, 1.82) is 0 Å². The molecule has 2 atom stereocenters. The maximum absolute atomic E-state index is 14.2. The summed E-state index contributed by atoms with van der Waals surface area (Å²) in [7, 11) is 0. The minimum atomic E-state index is -1.33. The van der Waals surface area contributed by atoms with Gasteiger partial charge in [-0.25, -0.2) is 18.6 Å². The van der Waals surface area contributed by atoms with E-state index in [1.807, 2.05) is 52.0 Å². The summed E-state index contributed by atoms with van der Waals surface area (Å²) in [6.45, 7) is 8.23. The normalized spacial score (nSPS) is 19.7. The summed E-state index contributed by atoms with van der Waals surface area (Å²) in [5, 5.41) is 11.9. The van der Waals surface area contributed by atoms with Gasteiger partial charge in [0.1, 0.15) is 28.7 Å². The lowest BCUT2D eigenvalue weighted by Crippen LogP contribution is -2.49. The molecule has 2 aliphatic rings. The van der Waals surface area contributed by atoms with Crippen LogP contribution in [0.5, 0.6) is 0 Å². The Balaban J connectivity index is 1.18. The van der Waals surface area contributed by atoms with Crippen molar-refractivity contribution in [3.63, 3.8) is 0 Å². The van der Waals surface area contributed by atoms with E-state index < -0.39 is 40.4 Å². The zero-order valence-electron chi connectivity index (χ0n) is 27.7. The predicted molar refractivity (Wildman–Crippen MR) is 178 cm³/mol. The molecule has 0 aliphatic carbocycles. The van der Waals surface area contributed by atoms with Gasteiger partial charge in [0, 0.05) is 24.8 Å². The summed E-state index contributed by atoms with van der Waals surface area (Å²) in [4.78, 5) is 47.1. The third-order valence-electron chi connectivity index (χ3n) is 8.88. The van der Waals surface area contributed by atoms with Crippen LogP contribution in [0.3, 0.4) is 0 Å². The first-order chi connectivity index (χ1) is 23.1. The molecule has 260 valence electrons. The molecule has 4 heterocycles. The summed E-state index contributed by atoms with van der Waals surface area (Å²) < 4.78 is 42.0. The number of aliphatic hydroxyl groups is 1. The molecule has 0 spiro atoms. The molecule has 2 aromatic heterocycles. The third kappa shape index (κ3) is 7.19. The van der Waals surface area contributed by atoms with Gasteiger partial charge in [0.15, 0.2) is 5.65 Å². The number of benzene rings is 2. The number of likely N-dealkylation sites (tertiary alicyclic amines) is 1. The number of morpholine rings is 1. The Morgan fingerprint density at radius 1 is 1.10 bits per heavy atom. The second kappa shape index (κ2) is 13.2. The van der Waals surface area contributed by atoms with Crippen LogP contribution < -0.4 is 5.56 Å². The summed E-state index contributed by atoms with van der Waals surface area (Å²) in [5.41, 5.74) is -0.790. The van der Waals surface area contributed by atoms with E-state index in [2.05, 4.69) is 4.98 Å². The lowest BCUT2D eigenvalue weighted by atomic mass is 9.91. The van der Waals surface area contributed by atoms with Crippen molar-refractivity contribution < 1.29 is 33.0 Å². The standard InChI is InChI=1S/C35H38ClF2N5O6/c1-21-17-42(33(46)49-34(2,3)4)28(18-48-21)22-5-8-24(9-6-22)43-29(36)16-26-30(43)39-20-41(32(26)45)19-35(47)11-13-40(14-12-35)31(44)25-10-7-23(37)15-27(25)38/h5-10,15-16,20-21,28,47H,11-14,17-19H2,1-4H3/t21-,28-/m0/s1. The Hall–Kier alpha value is -4.33. The molecule has 0 unspecified atom stereocenters. The third-order valence-corrected chi connectivity index (χ3v) is 9.16. The Morgan fingerprint density at radius 3 is 2.45 bits per heavy atom. The van der Waals surface area contributed by atoms with Crippen molar-refractivity contribution in [3.05, 3.63) is 93.1 Å². The highest BCUT2D eigenvalue weighted by Crippen LogP contribution is 2.31. The summed E-state index contributed by atoms with van der Waals surface area (Å²) in [6.07, 6.45) is 1.07. The minimum Gasteiger partial charge on any atom is -0.444 e. The largest absolute Gasteiger partial charge is 0.444 e. The molecule has 11 nitrogen and oxygen atoms in total. The van der Waals surface area contributed by atoms with E-state index in [0.717, 1.165) is 17.7 Å². The van der Waals surface area contributed by atoms with Crippen molar-refractivity contribution in [2.24, 2.45) is 0 Å². The molecule has 14 heteroatoms. The first-order valence-electron chi connectivity index (χ1n) is 16.1. The molecule has 2 aliphatic heterocycles. The molecule has 0 saturated carbocycles. The van der Waals surface area contributed by atoms with Crippen LogP contribution in [0, 0.1) is 11.6 Å². The highest BCUT2D eigenvalue weighted by atomic mass is 35.5. The number of fused-ring (bicyclic) bond motifs is 1. The van der Waals surface area contributed by atoms with Gasteiger partial charge in [0.2, 0.25) is 0 Å². The second-order valence-electron chi connectivity index (χ2n) is 13.7. The highest BCUT2D eigenvalue weighted by Gasteiger charge is 2.37. The number of piperidine rings is 1. The molecule has 2 amide bonds. The Kier molecular flexibility index (Phi) is 9.29. The number of carbonyl (C=O) groups excluding carboxylic acids is 2. The molecule has 6 rings (SSSR count). The maximum Gasteiger partial charge on any atom is 0.410 e. The average Bonchev–Trinajstić information content (AvgIpc) is 3.38. The number of hydrogen-bond donors (Lipinski definition) is 1. The van der Waals surface area contributed by atoms with Gasteiger partial charge in [-0.15, -0.1) is 0 Å². The number of aromatic nitrogens is 3. The van der Waals surface area contributed by atoms with Gasteiger partial charge in [0.25, 0.3) is 11.5 Å². The van der Waals surface area contributed by atoms with Crippen LogP contribution in [0.4, 0.5) is 13.6 Å². The average molecular weight is 698 g/mol. The van der Waals surface area contributed by atoms with Gasteiger partial charge < -0.3 is 19.5 Å². The topological polar surface area (TPSA) is 119 Å². The van der Waals surface area contributed by atoms with Crippen LogP contribution in [0.25, 0.3) is 16.7 Å². The highest BCUT2D eigenvalue weighted by molar-refractivity contribution is 6.31. The molecule has 1 N–H and O–H groups in total. The second-order valence-corrected chi connectivity index (χ2v) is 14.1. The molecule has 2 fully saturated rings. The van der Waals surface area contributed by atoms with Crippen LogP contribution in [0.2, 0.25) is 5.15 Å². The van der Waals surface area contributed by atoms with E-state index in [1.54, 1.807) is 9.47 Å². The van der Waals surface area contributed by atoms with Crippen LogP contribution in [-0.4, -0.2) is 84.6 Å². The zero-order valence-corrected chi connectivity index (χ0v) is 28.4. The monoisotopic (exact) mass is 697 g/mol. The van der Waals surface area contributed by atoms with Crippen LogP contribution in [0.15, 0.2) is 59.7 Å². The lowest BCUT2D eigenvalue weighted by molar-refractivity contribution is -0.0644. The van der Waals surface area contributed by atoms with Gasteiger partial charge in [0.05, 0.1) is 48.4 Å². The molecule has 4 aromatic rings. The number of nitrogens with zero attached hydrogens (tertiary/aromatic N) is 5. The quantitative estimate of drug-likeness (QED) is 0.293. The summed E-state index contributed by atoms with van der Waals surface area (Å²) in [6, 6.07) is 11.4. The zero-order chi connectivity index (χ0) is 35.2. The molecule has 49 heavy (non-hydrogen) atoms. The van der Waals surface area contributed by atoms with Gasteiger partial charge >= 0.3 is 6.09 Å². The number of rotatable bonds is 5. The van der Waals surface area contributed by atoms with Crippen LogP contribution in [-0.2, 0) is 16.0 Å². The van der Waals surface area contributed by atoms with Crippen LogP contribution in [0.1, 0.15) is 62.5 Å². The van der Waals surface area contributed by atoms with E-state index in [9.17, 15) is 28.3 Å². The summed E-state index contributed by atoms with van der Waals surface area (Å²) in [5.74, 6) is -2.32. The number of halogens is 3. The van der Waals surface area contributed by atoms with E-state index in [1.165, 1.54) is 21.9 Å². The predicted octanol–water partition coefficient (Wildman–Crippen LogP) is 5.48. The fourth-order valence-electron chi connectivity index (χ4n) is 6.33. The molecule has 0 bridgehead atoms. The van der Waals surface area contributed by atoms with Crippen molar-refractivity contribution >= 4 is 34.6 Å². The van der Waals surface area contributed by atoms with E-state index in [4.69, 9.17) is 21.1 Å². The number of ether oxygens (including phenoxy) is 2. The van der Waals surface area contributed by atoms with Gasteiger partial charge in [-0.3, -0.25) is 23.6 Å². The lowest BCUT2D eigenvalue weighted by Gasteiger charge is -2.39. The van der Waals surface area contributed by atoms with E-state index in [0.29, 0.717) is 30.6 Å². The first kappa shape index (κ1) is 34.5. The number of hydrogen-bond acceptors (Lipinski definition) is 7. The fraction of sp³-hybridized carbons (Fsp3) is 0.429. The maximum atomic E-state index is 14.2. The Bertz CT molecular complexity index is 1950. The van der Waals surface area contributed by atoms with E-state index in [-0.39, 0.29) is 60.7 Å². The molecule has 2 saturated heterocycles. The van der Waals surface area contributed by atoms with E-state index >= 15 is 0 Å². The SMILES string of the molecule is C[C@H]1CN(C(=O)OC(C)(C)C)[C@H](c2ccc(-n3c(Cl)cc4c(=O)n(CC5(O)CCN(C(=O)c6ccc(F)cc6F)CC5)cnc43)cc2)CO1. The van der Waals surface area contributed by atoms with Crippen LogP contribution >= 0.6 is 11.6 Å². The minimum absolute atomic E-state index is 0.0740. The molecular weight excluding hydrogens is 660 g/mol. The van der Waals surface area contributed by atoms with Crippen molar-refractivity contribution in [3.8, 4) is 5.69 Å². The summed E-state index contributed by atoms with van der Waals surface area (Å²) >= 11 is 6.64.